The highest BCUT2D eigenvalue weighted by Gasteiger charge is 2.28. The zero-order valence-corrected chi connectivity index (χ0v) is 14.2. The number of piperidine rings is 1. The summed E-state index contributed by atoms with van der Waals surface area (Å²) in [5.74, 6) is -0.373. The summed E-state index contributed by atoms with van der Waals surface area (Å²) in [4.78, 5) is 37.9. The fourth-order valence-electron chi connectivity index (χ4n) is 3.14. The minimum absolute atomic E-state index is 0.0661. The Morgan fingerprint density at radius 2 is 1.96 bits per heavy atom. The van der Waals surface area contributed by atoms with E-state index < -0.39 is 0 Å². The fourth-order valence-corrected chi connectivity index (χ4v) is 3.14. The van der Waals surface area contributed by atoms with E-state index in [2.05, 4.69) is 5.10 Å². The Bertz CT molecular complexity index is 838. The van der Waals surface area contributed by atoms with Crippen molar-refractivity contribution < 1.29 is 14.3 Å². The van der Waals surface area contributed by atoms with Crippen molar-refractivity contribution in [2.75, 3.05) is 19.7 Å². The molecule has 1 saturated heterocycles. The van der Waals surface area contributed by atoms with Gasteiger partial charge in [0.15, 0.2) is 0 Å². The normalized spacial score (nSPS) is 15.3. The first-order chi connectivity index (χ1) is 12.1. The number of rotatable bonds is 4. The summed E-state index contributed by atoms with van der Waals surface area (Å²) in [6.07, 6.45) is 2.47. The highest BCUT2D eigenvalue weighted by molar-refractivity contribution is 5.82. The quantitative estimate of drug-likeness (QED) is 0.779. The average Bonchev–Trinajstić information content (AvgIpc) is 2.64. The monoisotopic (exact) mass is 343 g/mol. The van der Waals surface area contributed by atoms with Gasteiger partial charge in [-0.05, 0) is 31.9 Å². The average molecular weight is 343 g/mol. The maximum absolute atomic E-state index is 12.6. The van der Waals surface area contributed by atoms with E-state index >= 15 is 0 Å². The van der Waals surface area contributed by atoms with Gasteiger partial charge < -0.3 is 9.64 Å². The molecule has 3 rings (SSSR count). The van der Waals surface area contributed by atoms with Crippen molar-refractivity contribution in [3.05, 3.63) is 40.7 Å². The number of esters is 1. The van der Waals surface area contributed by atoms with Gasteiger partial charge in [0.2, 0.25) is 11.3 Å². The molecule has 7 nitrogen and oxygen atoms in total. The fraction of sp³-hybridized carbons (Fsp3) is 0.444. The second kappa shape index (κ2) is 7.46. The summed E-state index contributed by atoms with van der Waals surface area (Å²) < 4.78 is 6.60. The topological polar surface area (TPSA) is 81.5 Å². The minimum Gasteiger partial charge on any atom is -0.466 e. The summed E-state index contributed by atoms with van der Waals surface area (Å²) in [5, 5.41) is 4.64. The molecule has 2 aromatic rings. The Morgan fingerprint density at radius 3 is 2.68 bits per heavy atom. The van der Waals surface area contributed by atoms with Crippen LogP contribution in [0, 0.1) is 5.92 Å². The number of hydrogen-bond acceptors (Lipinski definition) is 5. The van der Waals surface area contributed by atoms with Crippen molar-refractivity contribution in [1.29, 1.82) is 0 Å². The van der Waals surface area contributed by atoms with E-state index in [9.17, 15) is 14.4 Å². The third-order valence-electron chi connectivity index (χ3n) is 4.51. The summed E-state index contributed by atoms with van der Waals surface area (Å²) in [6.45, 7) is 3.30. The molecule has 2 heterocycles. The van der Waals surface area contributed by atoms with Crippen LogP contribution >= 0.6 is 0 Å². The molecule has 1 aromatic carbocycles. The number of aromatic nitrogens is 2. The first kappa shape index (κ1) is 17.1. The standard InChI is InChI=1S/C18H21N3O4/c1-2-25-18(24)13-7-9-20(10-8-13)17(23)12-21-15-6-4-3-5-14(15)16(22)11-19-21/h3-6,11,13H,2,7-10,12H2,1H3. The van der Waals surface area contributed by atoms with Gasteiger partial charge in [-0.25, -0.2) is 0 Å². The Morgan fingerprint density at radius 1 is 1.24 bits per heavy atom. The van der Waals surface area contributed by atoms with Crippen molar-refractivity contribution in [1.82, 2.24) is 14.7 Å². The first-order valence-electron chi connectivity index (χ1n) is 8.49. The molecule has 0 radical (unpaired) electrons. The molecule has 1 amide bonds. The molecule has 0 unspecified atom stereocenters. The molecule has 0 atom stereocenters. The Balaban J connectivity index is 1.67. The number of nitrogens with zero attached hydrogens (tertiary/aromatic N) is 3. The lowest BCUT2D eigenvalue weighted by molar-refractivity contribution is -0.151. The van der Waals surface area contributed by atoms with Gasteiger partial charge in [0.05, 0.1) is 24.2 Å². The Hall–Kier alpha value is -2.70. The van der Waals surface area contributed by atoms with Crippen LogP contribution in [0.3, 0.4) is 0 Å². The smallest absolute Gasteiger partial charge is 0.309 e. The third kappa shape index (κ3) is 3.70. The molecule has 1 aliphatic heterocycles. The zero-order valence-electron chi connectivity index (χ0n) is 14.2. The molecule has 25 heavy (non-hydrogen) atoms. The maximum Gasteiger partial charge on any atom is 0.309 e. The molecule has 1 aliphatic rings. The van der Waals surface area contributed by atoms with E-state index in [4.69, 9.17) is 4.74 Å². The van der Waals surface area contributed by atoms with E-state index in [1.165, 1.54) is 6.20 Å². The number of fused-ring (bicyclic) bond motifs is 1. The van der Waals surface area contributed by atoms with Crippen LogP contribution in [0.4, 0.5) is 0 Å². The Labute approximate surface area is 145 Å². The second-order valence-corrected chi connectivity index (χ2v) is 6.09. The molecule has 0 N–H and O–H groups in total. The number of hydrogen-bond donors (Lipinski definition) is 0. The van der Waals surface area contributed by atoms with Crippen LogP contribution in [0.1, 0.15) is 19.8 Å². The van der Waals surface area contributed by atoms with Crippen LogP contribution in [-0.2, 0) is 20.9 Å². The predicted octanol–water partition coefficient (Wildman–Crippen LogP) is 1.20. The summed E-state index contributed by atoms with van der Waals surface area (Å²) >= 11 is 0. The van der Waals surface area contributed by atoms with Crippen LogP contribution in [0.15, 0.2) is 35.3 Å². The number of ether oxygens (including phenoxy) is 1. The molecule has 132 valence electrons. The second-order valence-electron chi connectivity index (χ2n) is 6.09. The molecule has 0 spiro atoms. The lowest BCUT2D eigenvalue weighted by atomic mass is 9.97. The number of likely N-dealkylation sites (tertiary alicyclic amines) is 1. The van der Waals surface area contributed by atoms with E-state index in [0.29, 0.717) is 43.4 Å². The lowest BCUT2D eigenvalue weighted by Crippen LogP contribution is -2.42. The van der Waals surface area contributed by atoms with Gasteiger partial charge in [0.1, 0.15) is 6.54 Å². The summed E-state index contributed by atoms with van der Waals surface area (Å²) in [5.41, 5.74) is 0.485. The largest absolute Gasteiger partial charge is 0.466 e. The molecular weight excluding hydrogens is 322 g/mol. The van der Waals surface area contributed by atoms with Crippen molar-refractivity contribution in [3.63, 3.8) is 0 Å². The number of amides is 1. The molecule has 1 aromatic heterocycles. The van der Waals surface area contributed by atoms with Crippen LogP contribution in [0.25, 0.3) is 10.9 Å². The van der Waals surface area contributed by atoms with Crippen LogP contribution in [0.2, 0.25) is 0 Å². The molecule has 7 heteroatoms. The van der Waals surface area contributed by atoms with Gasteiger partial charge in [-0.3, -0.25) is 19.1 Å². The SMILES string of the molecule is CCOC(=O)C1CCN(C(=O)Cn2ncc(=O)c3ccccc32)CC1. The van der Waals surface area contributed by atoms with E-state index in [1.807, 2.05) is 6.07 Å². The summed E-state index contributed by atoms with van der Waals surface area (Å²) in [6, 6.07) is 7.11. The highest BCUT2D eigenvalue weighted by Crippen LogP contribution is 2.19. The van der Waals surface area contributed by atoms with Crippen molar-refractivity contribution in [2.24, 2.45) is 5.92 Å². The van der Waals surface area contributed by atoms with Gasteiger partial charge in [-0.15, -0.1) is 0 Å². The van der Waals surface area contributed by atoms with E-state index in [-0.39, 0.29) is 29.8 Å². The van der Waals surface area contributed by atoms with Gasteiger partial charge in [0, 0.05) is 18.5 Å². The van der Waals surface area contributed by atoms with E-state index in [0.717, 1.165) is 0 Å². The predicted molar refractivity (Wildman–Crippen MR) is 91.9 cm³/mol. The van der Waals surface area contributed by atoms with Gasteiger partial charge >= 0.3 is 5.97 Å². The number of para-hydroxylation sites is 1. The highest BCUT2D eigenvalue weighted by atomic mass is 16.5. The van der Waals surface area contributed by atoms with Crippen LogP contribution in [0.5, 0.6) is 0 Å². The van der Waals surface area contributed by atoms with Crippen molar-refractivity contribution >= 4 is 22.8 Å². The number of benzene rings is 1. The van der Waals surface area contributed by atoms with Crippen molar-refractivity contribution in [2.45, 2.75) is 26.3 Å². The van der Waals surface area contributed by atoms with Crippen LogP contribution < -0.4 is 5.43 Å². The molecule has 1 fully saturated rings. The van der Waals surface area contributed by atoms with Crippen LogP contribution in [-0.4, -0.2) is 46.3 Å². The number of carbonyl (C=O) groups excluding carboxylic acids is 2. The molecule has 0 bridgehead atoms. The van der Waals surface area contributed by atoms with Gasteiger partial charge in [-0.1, -0.05) is 12.1 Å². The van der Waals surface area contributed by atoms with Gasteiger partial charge in [-0.2, -0.15) is 5.10 Å². The maximum atomic E-state index is 12.6. The third-order valence-corrected chi connectivity index (χ3v) is 4.51. The van der Waals surface area contributed by atoms with Gasteiger partial charge in [0.25, 0.3) is 0 Å². The molecule has 0 aliphatic carbocycles. The lowest BCUT2D eigenvalue weighted by Gasteiger charge is -2.31. The number of carbonyl (C=O) groups is 2. The van der Waals surface area contributed by atoms with E-state index in [1.54, 1.807) is 34.7 Å². The van der Waals surface area contributed by atoms with Crippen molar-refractivity contribution in [3.8, 4) is 0 Å². The molecular formula is C18H21N3O4. The minimum atomic E-state index is -0.178. The molecule has 0 saturated carbocycles. The summed E-state index contributed by atoms with van der Waals surface area (Å²) in [7, 11) is 0. The first-order valence-corrected chi connectivity index (χ1v) is 8.49. The Kier molecular flexibility index (Phi) is 5.11. The zero-order chi connectivity index (χ0) is 17.8.